The number of methoxy groups -OCH3 is 1. The lowest BCUT2D eigenvalue weighted by Gasteiger charge is -2.30. The Morgan fingerprint density at radius 1 is 1.19 bits per heavy atom. The molecule has 2 saturated heterocycles. The van der Waals surface area contributed by atoms with Gasteiger partial charge in [-0.05, 0) is 23.3 Å². The minimum Gasteiger partial charge on any atom is -0.394 e. The number of anilines is 2. The molecule has 0 spiro atoms. The highest BCUT2D eigenvalue weighted by Gasteiger charge is 2.59. The molecule has 7 N–H and O–H groups in total. The SMILES string of the molecule is CO[C@H]1[C@@H](n2cnc3c(N)ncnc32)O[C@](C)(COP(O)(=S)O[C@@H]2[C@H](F)[C@@H](CO)O[C@H]2n2cnc3c(=O)[nH]c(N)nc32)[C@H]1O[P+](=O)S. The first-order chi connectivity index (χ1) is 22.3. The van der Waals surface area contributed by atoms with Gasteiger partial charge in [0.25, 0.3) is 5.56 Å². The van der Waals surface area contributed by atoms with E-state index in [0.717, 1.165) is 10.9 Å². The number of hydrogen-bond donors (Lipinski definition) is 6. The van der Waals surface area contributed by atoms with E-state index in [-0.39, 0.29) is 28.4 Å². The zero-order chi connectivity index (χ0) is 33.8. The van der Waals surface area contributed by atoms with Crippen molar-refractivity contribution in [3.63, 3.8) is 0 Å². The van der Waals surface area contributed by atoms with E-state index in [0.29, 0.717) is 5.65 Å². The van der Waals surface area contributed by atoms with Crippen LogP contribution in [0.2, 0.25) is 0 Å². The molecular weight excluding hydrogens is 709 g/mol. The molecule has 0 aliphatic carbocycles. The molecule has 0 radical (unpaired) electrons. The van der Waals surface area contributed by atoms with Crippen molar-refractivity contribution in [3.8, 4) is 0 Å². The van der Waals surface area contributed by atoms with Crippen LogP contribution in [-0.2, 0) is 44.2 Å². The fraction of sp³-hybridized carbons (Fsp3) is 0.545. The van der Waals surface area contributed by atoms with Crippen molar-refractivity contribution in [2.75, 3.05) is 31.8 Å². The third-order valence-corrected chi connectivity index (χ3v) is 9.88. The number of fused-ring (bicyclic) bond motifs is 2. The summed E-state index contributed by atoms with van der Waals surface area (Å²) in [7, 11) is -1.15. The van der Waals surface area contributed by atoms with Crippen molar-refractivity contribution < 1.29 is 46.7 Å². The van der Waals surface area contributed by atoms with E-state index in [1.807, 2.05) is 0 Å². The number of nitrogen functional groups attached to an aromatic ring is 2. The summed E-state index contributed by atoms with van der Waals surface area (Å²) in [4.78, 5) is 46.2. The van der Waals surface area contributed by atoms with Crippen LogP contribution in [0.3, 0.4) is 0 Å². The molecule has 2 unspecified atom stereocenters. The summed E-state index contributed by atoms with van der Waals surface area (Å²) in [6, 6.07) is 0. The molecule has 2 aliphatic rings. The van der Waals surface area contributed by atoms with Gasteiger partial charge in [0.2, 0.25) is 5.95 Å². The number of nitrogens with one attached hydrogen (secondary N) is 1. The van der Waals surface area contributed by atoms with Crippen LogP contribution in [-0.4, -0.2) is 106 Å². The molecule has 2 aliphatic heterocycles. The van der Waals surface area contributed by atoms with Crippen LogP contribution in [0.1, 0.15) is 19.4 Å². The van der Waals surface area contributed by atoms with E-state index in [1.54, 1.807) is 0 Å². The highest BCUT2D eigenvalue weighted by molar-refractivity contribution is 8.39. The number of nitrogens with two attached hydrogens (primary N) is 2. The molecule has 0 aromatic carbocycles. The monoisotopic (exact) mass is 737 g/mol. The summed E-state index contributed by atoms with van der Waals surface area (Å²) in [5.41, 5.74) is 9.77. The molecule has 254 valence electrons. The van der Waals surface area contributed by atoms with Crippen LogP contribution < -0.4 is 17.0 Å². The first-order valence-corrected chi connectivity index (χ1v) is 18.4. The second-order valence-electron chi connectivity index (χ2n) is 10.6. The molecule has 25 heteroatoms. The fourth-order valence-electron chi connectivity index (χ4n) is 5.50. The number of rotatable bonds is 11. The number of alkyl halides is 1. The van der Waals surface area contributed by atoms with Gasteiger partial charge in [0.15, 0.2) is 47.4 Å². The van der Waals surface area contributed by atoms with E-state index >= 15 is 4.39 Å². The van der Waals surface area contributed by atoms with Crippen LogP contribution in [0, 0.1) is 0 Å². The van der Waals surface area contributed by atoms with Gasteiger partial charge in [0.1, 0.15) is 48.0 Å². The quantitative estimate of drug-likeness (QED) is 0.0889. The number of aliphatic hydroxyl groups excluding tert-OH is 1. The summed E-state index contributed by atoms with van der Waals surface area (Å²) < 4.78 is 65.0. The Kier molecular flexibility index (Phi) is 9.37. The van der Waals surface area contributed by atoms with E-state index in [1.165, 1.54) is 31.3 Å². The largest absolute Gasteiger partial charge is 0.582 e. The topological polar surface area (TPSA) is 272 Å². The third kappa shape index (κ3) is 6.27. The molecule has 47 heavy (non-hydrogen) atoms. The number of hydrogen-bond acceptors (Lipinski definition) is 17. The number of H-pyrrole nitrogens is 1. The van der Waals surface area contributed by atoms with Gasteiger partial charge < -0.3 is 40.2 Å². The zero-order valence-corrected chi connectivity index (χ0v) is 27.8. The van der Waals surface area contributed by atoms with Gasteiger partial charge in [-0.2, -0.15) is 4.98 Å². The maximum absolute atomic E-state index is 15.6. The number of nitrogens with zero attached hydrogens (tertiary/aromatic N) is 7. The molecule has 0 saturated carbocycles. The predicted octanol–water partition coefficient (Wildman–Crippen LogP) is 0.245. The summed E-state index contributed by atoms with van der Waals surface area (Å²) in [6.45, 7) is -4.18. The molecule has 4 aromatic rings. The highest BCUT2D eigenvalue weighted by atomic mass is 32.7. The Bertz CT molecular complexity index is 1940. The van der Waals surface area contributed by atoms with Crippen molar-refractivity contribution in [1.29, 1.82) is 0 Å². The van der Waals surface area contributed by atoms with Crippen molar-refractivity contribution in [1.82, 2.24) is 39.0 Å². The summed E-state index contributed by atoms with van der Waals surface area (Å²) in [5.74, 6) is -0.127. The Balaban J connectivity index is 1.27. The first kappa shape index (κ1) is 34.1. The van der Waals surface area contributed by atoms with Gasteiger partial charge in [0.05, 0.1) is 25.9 Å². The normalized spacial score (nSPS) is 31.1. The summed E-state index contributed by atoms with van der Waals surface area (Å²) in [5, 5.41) is 9.74. The number of imidazole rings is 2. The lowest BCUT2D eigenvalue weighted by molar-refractivity contribution is -0.111. The fourth-order valence-corrected chi connectivity index (χ4v) is 7.81. The number of halogens is 1. The van der Waals surface area contributed by atoms with Gasteiger partial charge in [-0.15, -0.1) is 4.52 Å². The van der Waals surface area contributed by atoms with Gasteiger partial charge in [-0.3, -0.25) is 23.4 Å². The molecule has 6 rings (SSSR count). The van der Waals surface area contributed by atoms with Gasteiger partial charge in [-0.25, -0.2) is 24.3 Å². The minimum absolute atomic E-state index is 0.0776. The smallest absolute Gasteiger partial charge is 0.394 e. The van der Waals surface area contributed by atoms with Crippen molar-refractivity contribution >= 4 is 72.1 Å². The zero-order valence-electron chi connectivity index (χ0n) is 24.3. The lowest BCUT2D eigenvalue weighted by Crippen LogP contribution is -2.45. The summed E-state index contributed by atoms with van der Waals surface area (Å²) in [6.07, 6.45) is -5.90. The summed E-state index contributed by atoms with van der Waals surface area (Å²) >= 11 is 9.15. The molecule has 20 nitrogen and oxygen atoms in total. The van der Waals surface area contributed by atoms with Crippen molar-refractivity contribution in [2.24, 2.45) is 0 Å². The predicted molar refractivity (Wildman–Crippen MR) is 166 cm³/mol. The van der Waals surface area contributed by atoms with E-state index in [4.69, 9.17) is 51.1 Å². The Hall–Kier alpha value is -2.79. The third-order valence-electron chi connectivity index (χ3n) is 7.65. The van der Waals surface area contributed by atoms with Gasteiger partial charge in [-0.1, -0.05) is 0 Å². The molecule has 0 amide bonds. The molecule has 0 bridgehead atoms. The average molecular weight is 738 g/mol. The van der Waals surface area contributed by atoms with E-state index in [2.05, 4.69) is 42.2 Å². The number of aromatic amines is 1. The van der Waals surface area contributed by atoms with Crippen LogP contribution >= 0.6 is 26.2 Å². The maximum atomic E-state index is 15.6. The van der Waals surface area contributed by atoms with Crippen molar-refractivity contribution in [3.05, 3.63) is 29.3 Å². The van der Waals surface area contributed by atoms with E-state index < -0.39 is 81.4 Å². The standard InChI is InChI=1S/C22H27FN10O10P2S2/c1-22(14(42-44(36)46)13(38-2)20(41-22)32-6-28-10-15(24)26-5-27-16(10)32)4-39-45(37,47)43-12-9(23)8(3-34)40-19(12)33-7-29-11-17(33)30-21(25)31-18(11)35/h5-9,12-14,19-20,34H,3-4H2,1-2H3,(H6-,24,25,26,27,30,31,35,36,37,46,47)/p+1/t8-,9-,12-,13-,14+,19-,20+,22-,45?/m1/s1. The average Bonchev–Trinajstić information content (AvgIpc) is 3.76. The second-order valence-corrected chi connectivity index (χ2v) is 15.1. The van der Waals surface area contributed by atoms with Crippen LogP contribution in [0.5, 0.6) is 0 Å². The number of aliphatic hydroxyl groups is 1. The van der Waals surface area contributed by atoms with Crippen LogP contribution in [0.4, 0.5) is 16.2 Å². The number of ether oxygens (including phenoxy) is 3. The minimum atomic E-state index is -4.38. The maximum Gasteiger partial charge on any atom is 0.582 e. The Morgan fingerprint density at radius 3 is 2.57 bits per heavy atom. The number of aromatic nitrogens is 8. The second kappa shape index (κ2) is 12.9. The molecule has 6 heterocycles. The lowest BCUT2D eigenvalue weighted by atomic mass is 9.98. The molecular formula is C22H28FN10O10P2S2+. The van der Waals surface area contributed by atoms with E-state index in [9.17, 15) is 19.4 Å². The Morgan fingerprint density at radius 2 is 1.89 bits per heavy atom. The number of thiol groups is 1. The Labute approximate surface area is 274 Å². The van der Waals surface area contributed by atoms with Crippen LogP contribution in [0.15, 0.2) is 23.8 Å². The molecule has 10 atom stereocenters. The first-order valence-electron chi connectivity index (χ1n) is 13.5. The van der Waals surface area contributed by atoms with Crippen LogP contribution in [0.25, 0.3) is 22.3 Å². The molecule has 4 aromatic heterocycles. The van der Waals surface area contributed by atoms with Gasteiger partial charge >= 0.3 is 13.9 Å². The highest BCUT2D eigenvalue weighted by Crippen LogP contribution is 2.53. The van der Waals surface area contributed by atoms with Crippen molar-refractivity contribution in [2.45, 2.75) is 55.6 Å². The van der Waals surface area contributed by atoms with Gasteiger partial charge in [0, 0.05) is 7.11 Å². The molecule has 2 fully saturated rings.